The summed E-state index contributed by atoms with van der Waals surface area (Å²) >= 11 is 0. The lowest BCUT2D eigenvalue weighted by Crippen LogP contribution is -2.21. The summed E-state index contributed by atoms with van der Waals surface area (Å²) in [5, 5.41) is 6.80. The second-order valence-electron chi connectivity index (χ2n) is 3.76. The third-order valence-corrected chi connectivity index (χ3v) is 2.60. The van der Waals surface area contributed by atoms with E-state index in [9.17, 15) is 9.18 Å². The first kappa shape index (κ1) is 11.4. The fraction of sp³-hybridized carbons (Fsp3) is 0.273. The van der Waals surface area contributed by atoms with Crippen molar-refractivity contribution < 1.29 is 4.39 Å². The molecule has 2 aromatic heterocycles. The van der Waals surface area contributed by atoms with Gasteiger partial charge in [0.15, 0.2) is 5.82 Å². The van der Waals surface area contributed by atoms with Crippen molar-refractivity contribution in [1.82, 2.24) is 14.3 Å². The highest BCUT2D eigenvalue weighted by atomic mass is 19.1. The van der Waals surface area contributed by atoms with Crippen LogP contribution in [0.5, 0.6) is 0 Å². The lowest BCUT2D eigenvalue weighted by Gasteiger charge is -2.05. The topological polar surface area (TPSA) is 51.9 Å². The average molecular weight is 236 g/mol. The van der Waals surface area contributed by atoms with Crippen LogP contribution < -0.4 is 10.9 Å². The van der Waals surface area contributed by atoms with Crippen molar-refractivity contribution in [2.75, 3.05) is 12.4 Å². The molecule has 0 radical (unpaired) electrons. The summed E-state index contributed by atoms with van der Waals surface area (Å²) in [5.74, 6) is -0.0803. The molecule has 2 rings (SSSR count). The Kier molecular flexibility index (Phi) is 2.71. The molecular formula is C11H13FN4O. The Bertz CT molecular complexity index is 595. The molecule has 0 aliphatic carbocycles. The second kappa shape index (κ2) is 4.04. The number of hydrogen-bond acceptors (Lipinski definition) is 3. The van der Waals surface area contributed by atoms with Crippen molar-refractivity contribution in [3.05, 3.63) is 40.2 Å². The first-order chi connectivity index (χ1) is 8.02. The Labute approximate surface area is 97.5 Å². The van der Waals surface area contributed by atoms with Gasteiger partial charge in [-0.05, 0) is 6.92 Å². The molecule has 0 saturated carbocycles. The molecule has 0 unspecified atom stereocenters. The fourth-order valence-electron chi connectivity index (χ4n) is 1.56. The first-order valence-corrected chi connectivity index (χ1v) is 5.14. The molecule has 90 valence electrons. The number of aromatic nitrogens is 3. The highest BCUT2D eigenvalue weighted by molar-refractivity contribution is 5.42. The van der Waals surface area contributed by atoms with E-state index in [-0.39, 0.29) is 11.2 Å². The van der Waals surface area contributed by atoms with Crippen LogP contribution in [0.1, 0.15) is 5.69 Å². The molecule has 0 bridgehead atoms. The molecule has 2 aromatic rings. The van der Waals surface area contributed by atoms with Gasteiger partial charge in [0.2, 0.25) is 0 Å². The van der Waals surface area contributed by atoms with Gasteiger partial charge in [0.25, 0.3) is 5.56 Å². The maximum atomic E-state index is 13.4. The van der Waals surface area contributed by atoms with E-state index >= 15 is 0 Å². The molecule has 0 aromatic carbocycles. The summed E-state index contributed by atoms with van der Waals surface area (Å²) in [6, 6.07) is 2.88. The quantitative estimate of drug-likeness (QED) is 0.848. The highest BCUT2D eigenvalue weighted by Gasteiger charge is 2.10. The zero-order chi connectivity index (χ0) is 12.6. The van der Waals surface area contributed by atoms with Crippen LogP contribution in [0, 0.1) is 12.7 Å². The standard InChI is InChI=1S/C11H13FN4O/c1-7-4-10(14-15(7)3)16-6-8(12)5-9(13-2)11(16)17/h4-6,13H,1-3H3. The SMILES string of the molecule is CNc1cc(F)cn(-c2cc(C)n(C)n2)c1=O. The third-order valence-electron chi connectivity index (χ3n) is 2.60. The number of pyridine rings is 1. The largest absolute Gasteiger partial charge is 0.384 e. The summed E-state index contributed by atoms with van der Waals surface area (Å²) < 4.78 is 16.2. The number of rotatable bonds is 2. The van der Waals surface area contributed by atoms with Crippen molar-refractivity contribution in [1.29, 1.82) is 0 Å². The van der Waals surface area contributed by atoms with Gasteiger partial charge in [-0.2, -0.15) is 5.10 Å². The van der Waals surface area contributed by atoms with E-state index in [1.165, 1.54) is 4.57 Å². The van der Waals surface area contributed by atoms with Crippen LogP contribution in [0.4, 0.5) is 10.1 Å². The van der Waals surface area contributed by atoms with Crippen molar-refractivity contribution >= 4 is 5.69 Å². The minimum absolute atomic E-state index is 0.202. The minimum atomic E-state index is -0.489. The summed E-state index contributed by atoms with van der Waals surface area (Å²) in [6.45, 7) is 1.86. The van der Waals surface area contributed by atoms with Gasteiger partial charge < -0.3 is 5.32 Å². The Hall–Kier alpha value is -2.11. The summed E-state index contributed by atoms with van der Waals surface area (Å²) in [7, 11) is 3.34. The predicted molar refractivity (Wildman–Crippen MR) is 63.0 cm³/mol. The number of nitrogens with one attached hydrogen (secondary N) is 1. The molecule has 6 heteroatoms. The Morgan fingerprint density at radius 2 is 2.12 bits per heavy atom. The highest BCUT2D eigenvalue weighted by Crippen LogP contribution is 2.09. The van der Waals surface area contributed by atoms with E-state index in [2.05, 4.69) is 10.4 Å². The number of anilines is 1. The Morgan fingerprint density at radius 1 is 1.41 bits per heavy atom. The lowest BCUT2D eigenvalue weighted by molar-refractivity contribution is 0.611. The molecule has 1 N–H and O–H groups in total. The number of halogens is 1. The molecular weight excluding hydrogens is 223 g/mol. The molecule has 0 aliphatic heterocycles. The lowest BCUT2D eigenvalue weighted by atomic mass is 10.3. The van der Waals surface area contributed by atoms with Gasteiger partial charge in [0.1, 0.15) is 11.5 Å². The molecule has 2 heterocycles. The van der Waals surface area contributed by atoms with Crippen molar-refractivity contribution in [2.45, 2.75) is 6.92 Å². The zero-order valence-electron chi connectivity index (χ0n) is 9.86. The third kappa shape index (κ3) is 1.93. The predicted octanol–water partition coefficient (Wildman–Crippen LogP) is 1.06. The Balaban J connectivity index is 2.67. The van der Waals surface area contributed by atoms with Gasteiger partial charge in [-0.3, -0.25) is 14.0 Å². The average Bonchev–Trinajstić information content (AvgIpc) is 2.62. The van der Waals surface area contributed by atoms with E-state index in [4.69, 9.17) is 0 Å². The van der Waals surface area contributed by atoms with E-state index in [1.54, 1.807) is 24.8 Å². The van der Waals surface area contributed by atoms with E-state index in [0.717, 1.165) is 18.0 Å². The first-order valence-electron chi connectivity index (χ1n) is 5.14. The molecule has 0 amide bonds. The van der Waals surface area contributed by atoms with Crippen LogP contribution in [0.15, 0.2) is 23.1 Å². The van der Waals surface area contributed by atoms with E-state index in [0.29, 0.717) is 5.82 Å². The molecule has 0 fully saturated rings. The zero-order valence-corrected chi connectivity index (χ0v) is 9.86. The minimum Gasteiger partial charge on any atom is -0.384 e. The molecule has 0 saturated heterocycles. The van der Waals surface area contributed by atoms with Gasteiger partial charge in [-0.15, -0.1) is 0 Å². The van der Waals surface area contributed by atoms with Gasteiger partial charge in [-0.25, -0.2) is 4.39 Å². The fourth-order valence-corrected chi connectivity index (χ4v) is 1.56. The maximum Gasteiger partial charge on any atom is 0.279 e. The van der Waals surface area contributed by atoms with Gasteiger partial charge in [0.05, 0.1) is 6.20 Å². The smallest absolute Gasteiger partial charge is 0.279 e. The number of hydrogen-bond donors (Lipinski definition) is 1. The summed E-state index contributed by atoms with van der Waals surface area (Å²) in [4.78, 5) is 12.0. The van der Waals surface area contributed by atoms with Crippen molar-refractivity contribution in [3.8, 4) is 5.82 Å². The van der Waals surface area contributed by atoms with Crippen LogP contribution in [-0.2, 0) is 7.05 Å². The Morgan fingerprint density at radius 3 is 2.65 bits per heavy atom. The monoisotopic (exact) mass is 236 g/mol. The maximum absolute atomic E-state index is 13.4. The van der Waals surface area contributed by atoms with Gasteiger partial charge in [0, 0.05) is 31.9 Å². The molecule has 0 atom stereocenters. The molecule has 0 spiro atoms. The van der Waals surface area contributed by atoms with Crippen LogP contribution in [0.25, 0.3) is 5.82 Å². The van der Waals surface area contributed by atoms with Gasteiger partial charge in [-0.1, -0.05) is 0 Å². The number of aryl methyl sites for hydroxylation is 2. The van der Waals surface area contributed by atoms with Gasteiger partial charge >= 0.3 is 0 Å². The second-order valence-corrected chi connectivity index (χ2v) is 3.76. The van der Waals surface area contributed by atoms with Crippen LogP contribution >= 0.6 is 0 Å². The van der Waals surface area contributed by atoms with Crippen molar-refractivity contribution in [3.63, 3.8) is 0 Å². The van der Waals surface area contributed by atoms with E-state index < -0.39 is 5.82 Å². The molecule has 0 aliphatic rings. The molecule has 17 heavy (non-hydrogen) atoms. The van der Waals surface area contributed by atoms with Crippen molar-refractivity contribution in [2.24, 2.45) is 7.05 Å². The summed E-state index contributed by atoms with van der Waals surface area (Å²) in [5.41, 5.74) is 0.766. The normalized spacial score (nSPS) is 10.6. The van der Waals surface area contributed by atoms with Crippen LogP contribution in [0.2, 0.25) is 0 Å². The summed E-state index contributed by atoms with van der Waals surface area (Å²) in [6.07, 6.45) is 1.13. The molecule has 5 nitrogen and oxygen atoms in total. The van der Waals surface area contributed by atoms with Crippen LogP contribution in [-0.4, -0.2) is 21.4 Å². The van der Waals surface area contributed by atoms with Crippen LogP contribution in [0.3, 0.4) is 0 Å². The van der Waals surface area contributed by atoms with E-state index in [1.807, 2.05) is 6.92 Å². The number of nitrogens with zero attached hydrogens (tertiary/aromatic N) is 3.